The number of aliphatic hydroxyl groups is 1. The van der Waals surface area contributed by atoms with Gasteiger partial charge in [-0.05, 0) is 36.8 Å². The lowest BCUT2D eigenvalue weighted by molar-refractivity contribution is 0.171. The Morgan fingerprint density at radius 3 is 2.58 bits per heavy atom. The Morgan fingerprint density at radius 2 is 2.11 bits per heavy atom. The first-order valence-corrected chi connectivity index (χ1v) is 7.85. The Hall–Kier alpha value is -1.02. The van der Waals surface area contributed by atoms with Crippen LogP contribution in [-0.2, 0) is 0 Å². The molecular formula is C15H20N2OS. The molecule has 0 aromatic heterocycles. The predicted octanol–water partition coefficient (Wildman–Crippen LogP) is 2.47. The van der Waals surface area contributed by atoms with Crippen molar-refractivity contribution in [1.82, 2.24) is 5.32 Å². The molecule has 1 aromatic rings. The minimum Gasteiger partial charge on any atom is -0.387 e. The van der Waals surface area contributed by atoms with E-state index in [1.807, 2.05) is 23.9 Å². The Balaban J connectivity index is 1.80. The molecule has 0 saturated heterocycles. The SMILES string of the molecule is CSC1(CNCC(O)c2ccc(C#N)cc2)CCC1. The van der Waals surface area contributed by atoms with Crippen molar-refractivity contribution in [3.8, 4) is 6.07 Å². The molecule has 0 radical (unpaired) electrons. The average Bonchev–Trinajstić information content (AvgIpc) is 2.41. The summed E-state index contributed by atoms with van der Waals surface area (Å²) < 4.78 is 0.393. The second-order valence-electron chi connectivity index (χ2n) is 5.12. The first-order valence-electron chi connectivity index (χ1n) is 6.63. The van der Waals surface area contributed by atoms with Crippen LogP contribution in [0.15, 0.2) is 24.3 Å². The van der Waals surface area contributed by atoms with Crippen LogP contribution in [0.4, 0.5) is 0 Å². The third kappa shape index (κ3) is 3.50. The standard InChI is InChI=1S/C15H20N2OS/c1-19-15(7-2-8-15)11-17-10-14(18)13-5-3-12(9-16)4-6-13/h3-6,14,17-18H,2,7-8,10-11H2,1H3. The van der Waals surface area contributed by atoms with E-state index in [0.717, 1.165) is 12.1 Å². The fraction of sp³-hybridized carbons (Fsp3) is 0.533. The van der Waals surface area contributed by atoms with Crippen molar-refractivity contribution in [2.75, 3.05) is 19.3 Å². The van der Waals surface area contributed by atoms with E-state index in [2.05, 4.69) is 17.6 Å². The largest absolute Gasteiger partial charge is 0.387 e. The number of hydrogen-bond donors (Lipinski definition) is 2. The van der Waals surface area contributed by atoms with Gasteiger partial charge in [0.1, 0.15) is 0 Å². The summed E-state index contributed by atoms with van der Waals surface area (Å²) in [5.74, 6) is 0. The topological polar surface area (TPSA) is 56.0 Å². The number of hydrogen-bond acceptors (Lipinski definition) is 4. The van der Waals surface area contributed by atoms with E-state index in [1.165, 1.54) is 19.3 Å². The number of nitrogens with zero attached hydrogens (tertiary/aromatic N) is 1. The third-order valence-electron chi connectivity index (χ3n) is 3.91. The number of rotatable bonds is 6. The van der Waals surface area contributed by atoms with E-state index in [0.29, 0.717) is 16.9 Å². The van der Waals surface area contributed by atoms with Gasteiger partial charge in [0, 0.05) is 17.8 Å². The van der Waals surface area contributed by atoms with Crippen LogP contribution in [-0.4, -0.2) is 29.2 Å². The summed E-state index contributed by atoms with van der Waals surface area (Å²) in [5, 5.41) is 22.2. The second kappa shape index (κ2) is 6.42. The van der Waals surface area contributed by atoms with Gasteiger partial charge in [-0.3, -0.25) is 0 Å². The van der Waals surface area contributed by atoms with Gasteiger partial charge in [-0.2, -0.15) is 17.0 Å². The van der Waals surface area contributed by atoms with Crippen molar-refractivity contribution >= 4 is 11.8 Å². The molecule has 0 amide bonds. The van der Waals surface area contributed by atoms with Crippen LogP contribution in [0.3, 0.4) is 0 Å². The van der Waals surface area contributed by atoms with Gasteiger partial charge in [0.15, 0.2) is 0 Å². The highest BCUT2D eigenvalue weighted by Gasteiger charge is 2.35. The van der Waals surface area contributed by atoms with Crippen molar-refractivity contribution in [2.45, 2.75) is 30.1 Å². The van der Waals surface area contributed by atoms with E-state index >= 15 is 0 Å². The van der Waals surface area contributed by atoms with Crippen LogP contribution in [0, 0.1) is 11.3 Å². The molecule has 0 aliphatic heterocycles. The molecule has 1 atom stereocenters. The molecule has 1 unspecified atom stereocenters. The molecule has 2 rings (SSSR count). The highest BCUT2D eigenvalue weighted by atomic mass is 32.2. The molecule has 19 heavy (non-hydrogen) atoms. The minimum atomic E-state index is -0.508. The van der Waals surface area contributed by atoms with Crippen LogP contribution < -0.4 is 5.32 Å². The molecule has 2 N–H and O–H groups in total. The van der Waals surface area contributed by atoms with Gasteiger partial charge in [0.25, 0.3) is 0 Å². The van der Waals surface area contributed by atoms with Crippen molar-refractivity contribution in [2.24, 2.45) is 0 Å². The molecular weight excluding hydrogens is 256 g/mol. The third-order valence-corrected chi connectivity index (χ3v) is 5.33. The van der Waals surface area contributed by atoms with Gasteiger partial charge >= 0.3 is 0 Å². The van der Waals surface area contributed by atoms with E-state index in [1.54, 1.807) is 12.1 Å². The summed E-state index contributed by atoms with van der Waals surface area (Å²) in [6.07, 6.45) is 5.52. The lowest BCUT2D eigenvalue weighted by Gasteiger charge is -2.40. The Kier molecular flexibility index (Phi) is 4.87. The predicted molar refractivity (Wildman–Crippen MR) is 79.1 cm³/mol. The zero-order valence-corrected chi connectivity index (χ0v) is 12.0. The number of thioether (sulfide) groups is 1. The fourth-order valence-corrected chi connectivity index (χ4v) is 3.30. The van der Waals surface area contributed by atoms with Gasteiger partial charge in [-0.1, -0.05) is 18.6 Å². The highest BCUT2D eigenvalue weighted by Crippen LogP contribution is 2.42. The normalized spacial score (nSPS) is 18.4. The van der Waals surface area contributed by atoms with Crippen LogP contribution in [0.25, 0.3) is 0 Å². The van der Waals surface area contributed by atoms with Crippen molar-refractivity contribution in [1.29, 1.82) is 5.26 Å². The molecule has 1 fully saturated rings. The molecule has 0 heterocycles. The quantitative estimate of drug-likeness (QED) is 0.838. The van der Waals surface area contributed by atoms with Crippen molar-refractivity contribution < 1.29 is 5.11 Å². The second-order valence-corrected chi connectivity index (χ2v) is 6.40. The Bertz CT molecular complexity index is 443. The summed E-state index contributed by atoms with van der Waals surface area (Å²) in [7, 11) is 0. The zero-order valence-electron chi connectivity index (χ0n) is 11.2. The van der Waals surface area contributed by atoms with Gasteiger partial charge in [0.2, 0.25) is 0 Å². The number of nitrogens with one attached hydrogen (secondary N) is 1. The maximum atomic E-state index is 10.1. The summed E-state index contributed by atoms with van der Waals surface area (Å²) >= 11 is 1.93. The molecule has 1 aromatic carbocycles. The molecule has 1 saturated carbocycles. The number of nitriles is 1. The number of aliphatic hydroxyl groups excluding tert-OH is 1. The van der Waals surface area contributed by atoms with E-state index in [9.17, 15) is 5.11 Å². The highest BCUT2D eigenvalue weighted by molar-refractivity contribution is 8.00. The monoisotopic (exact) mass is 276 g/mol. The molecule has 102 valence electrons. The van der Waals surface area contributed by atoms with Gasteiger partial charge in [0.05, 0.1) is 17.7 Å². The maximum Gasteiger partial charge on any atom is 0.0991 e. The van der Waals surface area contributed by atoms with E-state index in [-0.39, 0.29) is 0 Å². The Labute approximate surface area is 119 Å². The minimum absolute atomic E-state index is 0.393. The lowest BCUT2D eigenvalue weighted by Crippen LogP contribution is -2.44. The average molecular weight is 276 g/mol. The number of benzene rings is 1. The molecule has 0 bridgehead atoms. The van der Waals surface area contributed by atoms with Gasteiger partial charge in [-0.15, -0.1) is 0 Å². The molecule has 3 nitrogen and oxygen atoms in total. The summed E-state index contributed by atoms with van der Waals surface area (Å²) in [6.45, 7) is 1.52. The van der Waals surface area contributed by atoms with Crippen LogP contribution >= 0.6 is 11.8 Å². The first kappa shape index (κ1) is 14.4. The van der Waals surface area contributed by atoms with Crippen LogP contribution in [0.2, 0.25) is 0 Å². The molecule has 0 spiro atoms. The smallest absolute Gasteiger partial charge is 0.0991 e. The molecule has 1 aliphatic rings. The summed E-state index contributed by atoms with van der Waals surface area (Å²) in [4.78, 5) is 0. The van der Waals surface area contributed by atoms with Gasteiger partial charge < -0.3 is 10.4 Å². The van der Waals surface area contributed by atoms with Gasteiger partial charge in [-0.25, -0.2) is 0 Å². The summed E-state index contributed by atoms with van der Waals surface area (Å²) in [5.41, 5.74) is 1.48. The fourth-order valence-electron chi connectivity index (χ4n) is 2.36. The van der Waals surface area contributed by atoms with Crippen molar-refractivity contribution in [3.63, 3.8) is 0 Å². The van der Waals surface area contributed by atoms with Crippen molar-refractivity contribution in [3.05, 3.63) is 35.4 Å². The van der Waals surface area contributed by atoms with E-state index < -0.39 is 6.10 Å². The van der Waals surface area contributed by atoms with Crippen LogP contribution in [0.5, 0.6) is 0 Å². The molecule has 4 heteroatoms. The van der Waals surface area contributed by atoms with E-state index in [4.69, 9.17) is 5.26 Å². The zero-order chi connectivity index (χ0) is 13.7. The summed E-state index contributed by atoms with van der Waals surface area (Å²) in [6, 6.07) is 9.20. The lowest BCUT2D eigenvalue weighted by atomic mass is 9.84. The first-order chi connectivity index (χ1) is 9.19. The Morgan fingerprint density at radius 1 is 1.42 bits per heavy atom. The van der Waals surface area contributed by atoms with Crippen LogP contribution in [0.1, 0.15) is 36.5 Å². The maximum absolute atomic E-state index is 10.1. The molecule has 1 aliphatic carbocycles.